The molecule has 2 aliphatic heterocycles. The molecule has 1 spiro atoms. The molecule has 0 amide bonds. The largest absolute Gasteiger partial charge is 0.504 e. The number of likely N-dealkylation sites (N-methyl/N-ethyl adjacent to an activating group) is 1. The minimum absolute atomic E-state index is 0.169. The van der Waals surface area contributed by atoms with E-state index in [2.05, 4.69) is 30.7 Å². The highest BCUT2D eigenvalue weighted by Crippen LogP contribution is 2.64. The van der Waals surface area contributed by atoms with E-state index in [4.69, 9.17) is 4.74 Å². The van der Waals surface area contributed by atoms with E-state index in [1.165, 1.54) is 5.56 Å². The molecule has 0 unspecified atom stereocenters. The standard InChI is InChI=1S/C17H19NO3S/c1-18-7-6-16-10-4-5-17(20,22)15(16)21-14-12(19)3-2-9(13(14)16)8-11(10)18/h2-5,10-11,15,19-20,22H,6-8H2,1H3/t10-,11+,15+,16-,17+/m0/s1. The summed E-state index contributed by atoms with van der Waals surface area (Å²) in [6.07, 6.45) is 5.30. The Labute approximate surface area is 134 Å². The molecule has 0 radical (unpaired) electrons. The molecule has 22 heavy (non-hydrogen) atoms. The van der Waals surface area contributed by atoms with Gasteiger partial charge >= 0.3 is 0 Å². The number of hydrogen-bond acceptors (Lipinski definition) is 5. The Morgan fingerprint density at radius 1 is 1.41 bits per heavy atom. The van der Waals surface area contributed by atoms with Gasteiger partial charge in [-0.1, -0.05) is 12.1 Å². The van der Waals surface area contributed by atoms with Crippen LogP contribution in [0.5, 0.6) is 11.5 Å². The molecule has 2 N–H and O–H groups in total. The van der Waals surface area contributed by atoms with Crippen molar-refractivity contribution in [2.45, 2.75) is 35.3 Å². The minimum atomic E-state index is -1.31. The monoisotopic (exact) mass is 317 g/mol. The molecule has 5 heteroatoms. The van der Waals surface area contributed by atoms with Crippen molar-refractivity contribution in [1.82, 2.24) is 4.90 Å². The highest BCUT2D eigenvalue weighted by atomic mass is 32.1. The van der Waals surface area contributed by atoms with Crippen LogP contribution in [0.2, 0.25) is 0 Å². The molecule has 116 valence electrons. The predicted molar refractivity (Wildman–Crippen MR) is 85.5 cm³/mol. The lowest BCUT2D eigenvalue weighted by Crippen LogP contribution is -2.66. The Bertz CT molecular complexity index is 716. The summed E-state index contributed by atoms with van der Waals surface area (Å²) in [6.45, 7) is 0.966. The van der Waals surface area contributed by atoms with E-state index in [0.29, 0.717) is 17.7 Å². The molecule has 0 aromatic heterocycles. The normalized spacial score (nSPS) is 44.6. The molecular weight excluding hydrogens is 298 g/mol. The Hall–Kier alpha value is -1.17. The zero-order valence-electron chi connectivity index (χ0n) is 12.4. The summed E-state index contributed by atoms with van der Waals surface area (Å²) in [5, 5.41) is 21.0. The molecule has 5 rings (SSSR count). The lowest BCUT2D eigenvalue weighted by Gasteiger charge is -2.57. The maximum Gasteiger partial charge on any atom is 0.165 e. The second-order valence-electron chi connectivity index (χ2n) is 7.16. The van der Waals surface area contributed by atoms with Crippen LogP contribution in [0.15, 0.2) is 24.3 Å². The highest BCUT2D eigenvalue weighted by Gasteiger charge is 2.67. The quantitative estimate of drug-likeness (QED) is 0.385. The number of ether oxygens (including phenoxy) is 1. The Kier molecular flexibility index (Phi) is 2.31. The number of phenolic OH excluding ortho intramolecular Hbond substituents is 1. The van der Waals surface area contributed by atoms with Crippen LogP contribution in [0, 0.1) is 5.92 Å². The number of hydrogen-bond donors (Lipinski definition) is 3. The van der Waals surface area contributed by atoms with Gasteiger partial charge in [-0.25, -0.2) is 0 Å². The van der Waals surface area contributed by atoms with Gasteiger partial charge in [-0.3, -0.25) is 0 Å². The van der Waals surface area contributed by atoms with E-state index in [9.17, 15) is 10.2 Å². The third kappa shape index (κ3) is 1.30. The fourth-order valence-corrected chi connectivity index (χ4v) is 5.65. The Morgan fingerprint density at radius 2 is 2.23 bits per heavy atom. The topological polar surface area (TPSA) is 52.9 Å². The maximum absolute atomic E-state index is 10.8. The van der Waals surface area contributed by atoms with Gasteiger partial charge in [-0.05, 0) is 44.1 Å². The summed E-state index contributed by atoms with van der Waals surface area (Å²) in [4.78, 5) is 1.10. The van der Waals surface area contributed by atoms with Crippen molar-refractivity contribution >= 4 is 12.6 Å². The number of likely N-dealkylation sites (tertiary alicyclic amines) is 1. The summed E-state index contributed by atoms with van der Waals surface area (Å²) in [5.41, 5.74) is 2.08. The van der Waals surface area contributed by atoms with Gasteiger partial charge in [0.1, 0.15) is 0 Å². The van der Waals surface area contributed by atoms with Gasteiger partial charge < -0.3 is 19.8 Å². The van der Waals surface area contributed by atoms with Gasteiger partial charge in [-0.15, -0.1) is 12.6 Å². The second-order valence-corrected chi connectivity index (χ2v) is 7.87. The van der Waals surface area contributed by atoms with Crippen LogP contribution in [0.1, 0.15) is 17.5 Å². The molecule has 1 aromatic carbocycles. The van der Waals surface area contributed by atoms with Crippen molar-refractivity contribution in [3.8, 4) is 11.5 Å². The molecule has 1 saturated heterocycles. The van der Waals surface area contributed by atoms with E-state index < -0.39 is 11.0 Å². The molecule has 5 atom stereocenters. The number of thiol groups is 1. The Morgan fingerprint density at radius 3 is 3.05 bits per heavy atom. The fraction of sp³-hybridized carbons (Fsp3) is 0.529. The van der Waals surface area contributed by atoms with Crippen LogP contribution >= 0.6 is 12.6 Å². The third-order valence-corrected chi connectivity index (χ3v) is 6.59. The van der Waals surface area contributed by atoms with E-state index in [1.807, 2.05) is 6.07 Å². The van der Waals surface area contributed by atoms with Gasteiger partial charge in [0.25, 0.3) is 0 Å². The van der Waals surface area contributed by atoms with E-state index in [1.54, 1.807) is 12.1 Å². The van der Waals surface area contributed by atoms with Crippen LogP contribution in [-0.2, 0) is 11.8 Å². The third-order valence-electron chi connectivity index (χ3n) is 6.21. The number of aliphatic hydroxyl groups is 1. The predicted octanol–water partition coefficient (Wildman–Crippen LogP) is 1.46. The van der Waals surface area contributed by atoms with Crippen molar-refractivity contribution in [2.75, 3.05) is 13.6 Å². The van der Waals surface area contributed by atoms with Crippen LogP contribution in [-0.4, -0.2) is 45.8 Å². The van der Waals surface area contributed by atoms with E-state index in [0.717, 1.165) is 24.9 Å². The number of benzene rings is 1. The van der Waals surface area contributed by atoms with Gasteiger partial charge in [0.2, 0.25) is 0 Å². The molecule has 4 nitrogen and oxygen atoms in total. The average Bonchev–Trinajstić information content (AvgIpc) is 2.83. The van der Waals surface area contributed by atoms with Crippen LogP contribution in [0.25, 0.3) is 0 Å². The average molecular weight is 317 g/mol. The van der Waals surface area contributed by atoms with Gasteiger partial charge in [0, 0.05) is 22.9 Å². The number of nitrogens with zero attached hydrogens (tertiary/aromatic N) is 1. The minimum Gasteiger partial charge on any atom is -0.504 e. The van der Waals surface area contributed by atoms with Crippen molar-refractivity contribution in [3.63, 3.8) is 0 Å². The van der Waals surface area contributed by atoms with Crippen molar-refractivity contribution in [1.29, 1.82) is 0 Å². The van der Waals surface area contributed by atoms with Gasteiger partial charge in [0.05, 0.1) is 0 Å². The molecular formula is C17H19NO3S. The smallest absolute Gasteiger partial charge is 0.165 e. The lowest BCUT2D eigenvalue weighted by molar-refractivity contribution is -0.0576. The summed E-state index contributed by atoms with van der Waals surface area (Å²) in [5.74, 6) is 1.02. The first kappa shape index (κ1) is 13.3. The molecule has 2 aliphatic carbocycles. The summed E-state index contributed by atoms with van der Waals surface area (Å²) >= 11 is 4.46. The zero-order valence-corrected chi connectivity index (χ0v) is 13.3. The molecule has 4 aliphatic rings. The van der Waals surface area contributed by atoms with Crippen LogP contribution in [0.3, 0.4) is 0 Å². The van der Waals surface area contributed by atoms with Crippen molar-refractivity contribution < 1.29 is 14.9 Å². The summed E-state index contributed by atoms with van der Waals surface area (Å²) in [7, 11) is 2.17. The second kappa shape index (κ2) is 3.83. The molecule has 2 bridgehead atoms. The van der Waals surface area contributed by atoms with Crippen molar-refractivity contribution in [3.05, 3.63) is 35.4 Å². The number of rotatable bonds is 0. The van der Waals surface area contributed by atoms with Crippen LogP contribution < -0.4 is 4.74 Å². The fourth-order valence-electron chi connectivity index (χ4n) is 5.28. The van der Waals surface area contributed by atoms with Crippen LogP contribution in [0.4, 0.5) is 0 Å². The molecule has 0 saturated carbocycles. The number of piperidine rings is 1. The first-order valence-electron chi connectivity index (χ1n) is 7.81. The van der Waals surface area contributed by atoms with E-state index in [-0.39, 0.29) is 11.2 Å². The van der Waals surface area contributed by atoms with Crippen molar-refractivity contribution in [2.24, 2.45) is 5.92 Å². The Balaban J connectivity index is 1.86. The maximum atomic E-state index is 10.8. The number of aromatic hydroxyl groups is 1. The molecule has 1 fully saturated rings. The number of phenols is 1. The zero-order chi connectivity index (χ0) is 15.3. The van der Waals surface area contributed by atoms with E-state index >= 15 is 0 Å². The van der Waals surface area contributed by atoms with Gasteiger partial charge in [-0.2, -0.15) is 0 Å². The lowest BCUT2D eigenvalue weighted by atomic mass is 9.53. The first-order chi connectivity index (χ1) is 10.4. The SMILES string of the molecule is CN1CC[C@]23c4c5ccc(O)c4O[C@H]2[C@](O)(S)C=C[C@H]3[C@H]1C5. The molecule has 2 heterocycles. The summed E-state index contributed by atoms with van der Waals surface area (Å²) in [6, 6.07) is 4.13. The first-order valence-corrected chi connectivity index (χ1v) is 8.26. The summed E-state index contributed by atoms with van der Waals surface area (Å²) < 4.78 is 6.11. The highest BCUT2D eigenvalue weighted by molar-refractivity contribution is 7.81. The molecule has 1 aromatic rings. The van der Waals surface area contributed by atoms with Gasteiger partial charge in [0.15, 0.2) is 22.5 Å².